The minimum Gasteiger partial charge on any atom is -0.483 e. The Hall–Kier alpha value is -1.52. The van der Waals surface area contributed by atoms with Crippen LogP contribution in [0.1, 0.15) is 18.1 Å². The fraction of sp³-hybridized carbons (Fsp3) is 0.235. The summed E-state index contributed by atoms with van der Waals surface area (Å²) in [4.78, 5) is 11.8. The molecule has 0 heterocycles. The van der Waals surface area contributed by atoms with Gasteiger partial charge >= 0.3 is 0 Å². The van der Waals surface area contributed by atoms with Crippen molar-refractivity contribution in [2.75, 3.05) is 6.61 Å². The van der Waals surface area contributed by atoms with E-state index in [-0.39, 0.29) is 12.5 Å². The molecule has 0 saturated heterocycles. The maximum Gasteiger partial charge on any atom is 0.258 e. The zero-order valence-electron chi connectivity index (χ0n) is 12.2. The second-order valence-electron chi connectivity index (χ2n) is 4.78. The van der Waals surface area contributed by atoms with Gasteiger partial charge in [0.1, 0.15) is 5.75 Å². The average molecular weight is 383 g/mol. The molecule has 22 heavy (non-hydrogen) atoms. The fourth-order valence-corrected chi connectivity index (χ4v) is 2.65. The summed E-state index contributed by atoms with van der Waals surface area (Å²) < 4.78 is 6.38. The van der Waals surface area contributed by atoms with Gasteiger partial charge in [0, 0.05) is 11.6 Å². The number of ether oxygens (including phenoxy) is 1. The van der Waals surface area contributed by atoms with Crippen LogP contribution in [0, 0.1) is 0 Å². The van der Waals surface area contributed by atoms with E-state index >= 15 is 0 Å². The van der Waals surface area contributed by atoms with Crippen LogP contribution in [0.25, 0.3) is 0 Å². The molecule has 0 aromatic heterocycles. The van der Waals surface area contributed by atoms with Gasteiger partial charge in [-0.25, -0.2) is 0 Å². The number of carbonyl (C=O) groups is 1. The van der Waals surface area contributed by atoms with Crippen molar-refractivity contribution in [1.29, 1.82) is 0 Å². The lowest BCUT2D eigenvalue weighted by molar-refractivity contribution is -0.123. The highest BCUT2D eigenvalue weighted by Crippen LogP contribution is 2.26. The first-order valence-corrected chi connectivity index (χ1v) is 8.18. The van der Waals surface area contributed by atoms with Crippen molar-refractivity contribution in [2.24, 2.45) is 0 Å². The first kappa shape index (κ1) is 16.8. The van der Waals surface area contributed by atoms with Crippen LogP contribution < -0.4 is 10.1 Å². The number of benzene rings is 2. The van der Waals surface area contributed by atoms with Gasteiger partial charge in [-0.1, -0.05) is 42.8 Å². The summed E-state index contributed by atoms with van der Waals surface area (Å²) >= 11 is 9.49. The van der Waals surface area contributed by atoms with E-state index in [1.165, 1.54) is 5.56 Å². The number of nitrogens with one attached hydrogen (secondary N) is 1. The number of halogens is 2. The third-order valence-corrected chi connectivity index (χ3v) is 4.19. The molecule has 5 heteroatoms. The van der Waals surface area contributed by atoms with Crippen molar-refractivity contribution in [3.8, 4) is 5.75 Å². The molecule has 0 spiro atoms. The van der Waals surface area contributed by atoms with Crippen LogP contribution in [0.2, 0.25) is 5.02 Å². The van der Waals surface area contributed by atoms with Gasteiger partial charge in [0.25, 0.3) is 5.91 Å². The van der Waals surface area contributed by atoms with Crippen molar-refractivity contribution in [3.05, 3.63) is 63.1 Å². The zero-order chi connectivity index (χ0) is 15.9. The van der Waals surface area contributed by atoms with Crippen LogP contribution >= 0.6 is 27.5 Å². The molecule has 116 valence electrons. The fourth-order valence-electron chi connectivity index (χ4n) is 1.91. The van der Waals surface area contributed by atoms with E-state index in [9.17, 15) is 4.79 Å². The van der Waals surface area contributed by atoms with Crippen LogP contribution in [-0.2, 0) is 17.8 Å². The standard InChI is InChI=1S/C17H17BrClNO2/c1-2-12-7-8-16(14(18)9-12)22-11-17(21)20-10-13-5-3-4-6-15(13)19/h3-9H,2,10-11H2,1H3,(H,20,21). The number of amides is 1. The topological polar surface area (TPSA) is 38.3 Å². The van der Waals surface area contributed by atoms with Gasteiger partial charge in [0.15, 0.2) is 6.61 Å². The Morgan fingerprint density at radius 2 is 2.05 bits per heavy atom. The van der Waals surface area contributed by atoms with Crippen LogP contribution in [0.15, 0.2) is 46.9 Å². The maximum absolute atomic E-state index is 11.8. The molecule has 1 N–H and O–H groups in total. The minimum atomic E-state index is -0.189. The largest absolute Gasteiger partial charge is 0.483 e. The number of hydrogen-bond donors (Lipinski definition) is 1. The summed E-state index contributed by atoms with van der Waals surface area (Å²) in [6.45, 7) is 2.44. The SMILES string of the molecule is CCc1ccc(OCC(=O)NCc2ccccc2Cl)c(Br)c1. The van der Waals surface area contributed by atoms with Crippen molar-refractivity contribution in [2.45, 2.75) is 19.9 Å². The molecular formula is C17H17BrClNO2. The second kappa shape index (κ2) is 8.20. The van der Waals surface area contributed by atoms with Crippen molar-refractivity contribution < 1.29 is 9.53 Å². The molecule has 2 aromatic carbocycles. The van der Waals surface area contributed by atoms with E-state index in [2.05, 4.69) is 28.2 Å². The molecule has 0 bridgehead atoms. The predicted octanol–water partition coefficient (Wildman–Crippen LogP) is 4.36. The molecule has 0 aliphatic carbocycles. The van der Waals surface area contributed by atoms with Crippen LogP contribution in [-0.4, -0.2) is 12.5 Å². The smallest absolute Gasteiger partial charge is 0.258 e. The highest BCUT2D eigenvalue weighted by Gasteiger charge is 2.07. The quantitative estimate of drug-likeness (QED) is 0.806. The summed E-state index contributed by atoms with van der Waals surface area (Å²) in [5, 5.41) is 3.43. The zero-order valence-corrected chi connectivity index (χ0v) is 14.6. The Morgan fingerprint density at radius 3 is 2.73 bits per heavy atom. The Balaban J connectivity index is 1.84. The predicted molar refractivity (Wildman–Crippen MR) is 92.3 cm³/mol. The molecule has 0 aliphatic heterocycles. The van der Waals surface area contributed by atoms with Gasteiger partial charge in [0.2, 0.25) is 0 Å². The van der Waals surface area contributed by atoms with E-state index in [0.717, 1.165) is 16.5 Å². The first-order valence-electron chi connectivity index (χ1n) is 7.01. The molecule has 2 rings (SSSR count). The molecule has 0 fully saturated rings. The van der Waals surface area contributed by atoms with Crippen molar-refractivity contribution in [3.63, 3.8) is 0 Å². The third-order valence-electron chi connectivity index (χ3n) is 3.20. The van der Waals surface area contributed by atoms with Gasteiger partial charge in [-0.05, 0) is 51.7 Å². The van der Waals surface area contributed by atoms with E-state index < -0.39 is 0 Å². The van der Waals surface area contributed by atoms with E-state index in [0.29, 0.717) is 17.3 Å². The molecule has 0 radical (unpaired) electrons. The Labute approximate surface area is 143 Å². The lowest BCUT2D eigenvalue weighted by atomic mass is 10.2. The normalized spacial score (nSPS) is 10.3. The van der Waals surface area contributed by atoms with E-state index in [1.54, 1.807) is 6.07 Å². The molecule has 3 nitrogen and oxygen atoms in total. The van der Waals surface area contributed by atoms with Gasteiger partial charge in [0.05, 0.1) is 4.47 Å². The minimum absolute atomic E-state index is 0.0332. The van der Waals surface area contributed by atoms with Crippen LogP contribution in [0.4, 0.5) is 0 Å². The first-order chi connectivity index (χ1) is 10.6. The number of rotatable bonds is 6. The molecular weight excluding hydrogens is 366 g/mol. The number of carbonyl (C=O) groups excluding carboxylic acids is 1. The Morgan fingerprint density at radius 1 is 1.27 bits per heavy atom. The van der Waals surface area contributed by atoms with Gasteiger partial charge in [-0.3, -0.25) is 4.79 Å². The summed E-state index contributed by atoms with van der Waals surface area (Å²) in [6.07, 6.45) is 0.956. The highest BCUT2D eigenvalue weighted by molar-refractivity contribution is 9.10. The summed E-state index contributed by atoms with van der Waals surface area (Å²) in [5.74, 6) is 0.469. The van der Waals surface area contributed by atoms with Gasteiger partial charge in [-0.15, -0.1) is 0 Å². The Kier molecular flexibility index (Phi) is 6.28. The Bertz CT molecular complexity index is 661. The monoisotopic (exact) mass is 381 g/mol. The van der Waals surface area contributed by atoms with Crippen molar-refractivity contribution in [1.82, 2.24) is 5.32 Å². The number of aryl methyl sites for hydroxylation is 1. The molecule has 0 atom stereocenters. The molecule has 0 saturated carbocycles. The van der Waals surface area contributed by atoms with Crippen LogP contribution in [0.3, 0.4) is 0 Å². The van der Waals surface area contributed by atoms with E-state index in [4.69, 9.17) is 16.3 Å². The lowest BCUT2D eigenvalue weighted by Crippen LogP contribution is -2.28. The van der Waals surface area contributed by atoms with E-state index in [1.807, 2.05) is 36.4 Å². The molecule has 0 aliphatic rings. The highest BCUT2D eigenvalue weighted by atomic mass is 79.9. The van der Waals surface area contributed by atoms with Gasteiger partial charge < -0.3 is 10.1 Å². The summed E-state index contributed by atoms with van der Waals surface area (Å²) in [5.41, 5.74) is 2.09. The lowest BCUT2D eigenvalue weighted by Gasteiger charge is -2.10. The second-order valence-corrected chi connectivity index (χ2v) is 6.04. The number of hydrogen-bond acceptors (Lipinski definition) is 2. The molecule has 0 unspecified atom stereocenters. The summed E-state index contributed by atoms with van der Waals surface area (Å²) in [7, 11) is 0. The maximum atomic E-state index is 11.8. The summed E-state index contributed by atoms with van der Waals surface area (Å²) in [6, 6.07) is 13.3. The third kappa shape index (κ3) is 4.75. The molecule has 1 amide bonds. The van der Waals surface area contributed by atoms with Crippen molar-refractivity contribution >= 4 is 33.4 Å². The molecule has 2 aromatic rings. The average Bonchev–Trinajstić information content (AvgIpc) is 2.52. The van der Waals surface area contributed by atoms with Crippen LogP contribution in [0.5, 0.6) is 5.75 Å². The van der Waals surface area contributed by atoms with Gasteiger partial charge in [-0.2, -0.15) is 0 Å².